The van der Waals surface area contributed by atoms with E-state index in [0.717, 1.165) is 5.56 Å². The first kappa shape index (κ1) is 17.7. The highest BCUT2D eigenvalue weighted by Gasteiger charge is 2.19. The van der Waals surface area contributed by atoms with Gasteiger partial charge in [0.05, 0.1) is 6.04 Å². The summed E-state index contributed by atoms with van der Waals surface area (Å²) in [5.74, 6) is 0.582. The van der Waals surface area contributed by atoms with E-state index in [1.54, 1.807) is 12.1 Å². The molecule has 0 saturated heterocycles. The van der Waals surface area contributed by atoms with E-state index in [-0.39, 0.29) is 17.4 Å². The lowest BCUT2D eigenvalue weighted by atomic mass is 10.1. The van der Waals surface area contributed by atoms with Crippen LogP contribution in [0.3, 0.4) is 0 Å². The van der Waals surface area contributed by atoms with E-state index in [2.05, 4.69) is 25.5 Å². The molecule has 0 radical (unpaired) electrons. The van der Waals surface area contributed by atoms with Crippen molar-refractivity contribution in [3.05, 3.63) is 53.9 Å². The number of rotatable bonds is 4. The van der Waals surface area contributed by atoms with E-state index in [4.69, 9.17) is 9.47 Å². The van der Waals surface area contributed by atoms with Gasteiger partial charge < -0.3 is 19.9 Å². The molecule has 0 saturated carbocycles. The molecule has 2 aromatic heterocycles. The van der Waals surface area contributed by atoms with Crippen LogP contribution in [0.1, 0.15) is 28.9 Å². The molecule has 1 atom stereocenters. The molecule has 0 spiro atoms. The highest BCUT2D eigenvalue weighted by Crippen LogP contribution is 2.32. The van der Waals surface area contributed by atoms with Gasteiger partial charge in [-0.15, -0.1) is 5.10 Å². The molecule has 0 unspecified atom stereocenters. The normalized spacial score (nSPS) is 13.6. The van der Waals surface area contributed by atoms with Gasteiger partial charge in [0.25, 0.3) is 5.91 Å². The quantitative estimate of drug-likeness (QED) is 0.705. The Morgan fingerprint density at radius 3 is 2.79 bits per heavy atom. The SMILES string of the molecule is C[C@H](NC(=O)c1cnc(-c2cccnn2)nc1O)c1ccc2c(c1)OCCO2. The van der Waals surface area contributed by atoms with E-state index in [1.807, 2.05) is 25.1 Å². The Bertz CT molecular complexity index is 1010. The molecule has 2 N–H and O–H groups in total. The minimum Gasteiger partial charge on any atom is -0.493 e. The molecule has 1 aliphatic rings. The van der Waals surface area contributed by atoms with Crippen LogP contribution in [0.2, 0.25) is 0 Å². The molecule has 3 aromatic rings. The Labute approximate surface area is 160 Å². The van der Waals surface area contributed by atoms with E-state index < -0.39 is 11.8 Å². The van der Waals surface area contributed by atoms with Crippen LogP contribution in [-0.4, -0.2) is 44.4 Å². The third kappa shape index (κ3) is 3.54. The van der Waals surface area contributed by atoms with Crippen molar-refractivity contribution in [1.82, 2.24) is 25.5 Å². The van der Waals surface area contributed by atoms with Crippen LogP contribution >= 0.6 is 0 Å². The molecule has 142 valence electrons. The highest BCUT2D eigenvalue weighted by molar-refractivity contribution is 5.96. The van der Waals surface area contributed by atoms with Crippen molar-refractivity contribution >= 4 is 5.91 Å². The van der Waals surface area contributed by atoms with Crippen molar-refractivity contribution in [3.63, 3.8) is 0 Å². The zero-order chi connectivity index (χ0) is 19.5. The standard InChI is InChI=1S/C19H17N5O4/c1-11(12-4-5-15-16(9-12)28-8-7-27-15)22-18(25)13-10-20-17(23-19(13)26)14-3-2-6-21-24-14/h2-6,9-11H,7-8H2,1H3,(H,22,25)(H,20,23,26)/t11-/m0/s1. The van der Waals surface area contributed by atoms with Crippen LogP contribution in [0, 0.1) is 0 Å². The molecule has 4 rings (SSSR count). The van der Waals surface area contributed by atoms with Gasteiger partial charge in [-0.2, -0.15) is 10.1 Å². The van der Waals surface area contributed by atoms with Gasteiger partial charge in [0.15, 0.2) is 17.3 Å². The lowest BCUT2D eigenvalue weighted by Gasteiger charge is -2.21. The second kappa shape index (κ2) is 7.47. The lowest BCUT2D eigenvalue weighted by Crippen LogP contribution is -2.27. The van der Waals surface area contributed by atoms with Gasteiger partial charge in [-0.1, -0.05) is 6.07 Å². The summed E-state index contributed by atoms with van der Waals surface area (Å²) in [7, 11) is 0. The monoisotopic (exact) mass is 379 g/mol. The topological polar surface area (TPSA) is 119 Å². The van der Waals surface area contributed by atoms with Crippen molar-refractivity contribution in [1.29, 1.82) is 0 Å². The van der Waals surface area contributed by atoms with Gasteiger partial charge in [-0.3, -0.25) is 4.79 Å². The van der Waals surface area contributed by atoms with Crippen molar-refractivity contribution in [2.45, 2.75) is 13.0 Å². The minimum absolute atomic E-state index is 0.0305. The first-order chi connectivity index (χ1) is 13.6. The van der Waals surface area contributed by atoms with Gasteiger partial charge >= 0.3 is 0 Å². The summed E-state index contributed by atoms with van der Waals surface area (Å²) in [6.45, 7) is 2.83. The molecule has 9 nitrogen and oxygen atoms in total. The highest BCUT2D eigenvalue weighted by atomic mass is 16.6. The fourth-order valence-corrected chi connectivity index (χ4v) is 2.76. The summed E-state index contributed by atoms with van der Waals surface area (Å²) < 4.78 is 11.1. The zero-order valence-corrected chi connectivity index (χ0v) is 15.0. The number of ether oxygens (including phenoxy) is 2. The average molecular weight is 379 g/mol. The van der Waals surface area contributed by atoms with Crippen LogP contribution in [-0.2, 0) is 0 Å². The predicted octanol–water partition coefficient (Wildman–Crippen LogP) is 1.90. The van der Waals surface area contributed by atoms with Gasteiger partial charge in [0, 0.05) is 12.4 Å². The van der Waals surface area contributed by atoms with E-state index in [9.17, 15) is 9.90 Å². The maximum atomic E-state index is 12.6. The van der Waals surface area contributed by atoms with Crippen LogP contribution in [0.15, 0.2) is 42.7 Å². The number of carbonyl (C=O) groups is 1. The number of hydrogen-bond acceptors (Lipinski definition) is 8. The number of hydrogen-bond donors (Lipinski definition) is 2. The summed E-state index contributed by atoms with van der Waals surface area (Å²) in [5.41, 5.74) is 1.21. The summed E-state index contributed by atoms with van der Waals surface area (Å²) >= 11 is 0. The Morgan fingerprint density at radius 2 is 2.04 bits per heavy atom. The number of nitrogens with one attached hydrogen (secondary N) is 1. The lowest BCUT2D eigenvalue weighted by molar-refractivity contribution is 0.0936. The number of benzene rings is 1. The van der Waals surface area contributed by atoms with E-state index in [0.29, 0.717) is 30.4 Å². The molecule has 0 aliphatic carbocycles. The van der Waals surface area contributed by atoms with Crippen LogP contribution < -0.4 is 14.8 Å². The summed E-state index contributed by atoms with van der Waals surface area (Å²) in [4.78, 5) is 20.6. The number of amides is 1. The fraction of sp³-hybridized carbons (Fsp3) is 0.211. The molecule has 1 amide bonds. The van der Waals surface area contributed by atoms with Crippen LogP contribution in [0.25, 0.3) is 11.5 Å². The number of aromatic hydroxyl groups is 1. The van der Waals surface area contributed by atoms with Crippen molar-refractivity contribution in [2.75, 3.05) is 13.2 Å². The first-order valence-corrected chi connectivity index (χ1v) is 8.66. The summed E-state index contributed by atoms with van der Waals surface area (Å²) in [5, 5.41) is 20.6. The van der Waals surface area contributed by atoms with Crippen molar-refractivity contribution in [3.8, 4) is 28.9 Å². The fourth-order valence-electron chi connectivity index (χ4n) is 2.76. The van der Waals surface area contributed by atoms with Gasteiger partial charge in [0.1, 0.15) is 24.5 Å². The summed E-state index contributed by atoms with van der Waals surface area (Å²) in [6.07, 6.45) is 2.78. The predicted molar refractivity (Wildman–Crippen MR) is 98.0 cm³/mol. The Hall–Kier alpha value is -3.75. The molecular weight excluding hydrogens is 362 g/mol. The number of fused-ring (bicyclic) bond motifs is 1. The third-order valence-electron chi connectivity index (χ3n) is 4.23. The molecule has 1 aliphatic heterocycles. The molecule has 0 bridgehead atoms. The molecule has 0 fully saturated rings. The van der Waals surface area contributed by atoms with Gasteiger partial charge in [-0.05, 0) is 36.8 Å². The van der Waals surface area contributed by atoms with Crippen molar-refractivity contribution in [2.24, 2.45) is 0 Å². The molecular formula is C19H17N5O4. The number of nitrogens with zero attached hydrogens (tertiary/aromatic N) is 4. The number of carbonyl (C=O) groups excluding carboxylic acids is 1. The average Bonchev–Trinajstić information content (AvgIpc) is 2.73. The van der Waals surface area contributed by atoms with Gasteiger partial charge in [-0.25, -0.2) is 4.98 Å². The van der Waals surface area contributed by atoms with Crippen LogP contribution in [0.5, 0.6) is 17.4 Å². The summed E-state index contributed by atoms with van der Waals surface area (Å²) in [6, 6.07) is 8.49. The molecule has 9 heteroatoms. The Kier molecular flexibility index (Phi) is 4.71. The van der Waals surface area contributed by atoms with E-state index in [1.165, 1.54) is 12.4 Å². The molecule has 28 heavy (non-hydrogen) atoms. The molecule has 3 heterocycles. The smallest absolute Gasteiger partial charge is 0.258 e. The molecule has 1 aromatic carbocycles. The Balaban J connectivity index is 1.50. The maximum Gasteiger partial charge on any atom is 0.258 e. The Morgan fingerprint density at radius 1 is 1.21 bits per heavy atom. The van der Waals surface area contributed by atoms with Gasteiger partial charge in [0.2, 0.25) is 5.88 Å². The van der Waals surface area contributed by atoms with E-state index >= 15 is 0 Å². The van der Waals surface area contributed by atoms with Crippen molar-refractivity contribution < 1.29 is 19.4 Å². The third-order valence-corrected chi connectivity index (χ3v) is 4.23. The first-order valence-electron chi connectivity index (χ1n) is 8.66. The second-order valence-electron chi connectivity index (χ2n) is 6.14. The zero-order valence-electron chi connectivity index (χ0n) is 15.0. The minimum atomic E-state index is -0.495. The second-order valence-corrected chi connectivity index (χ2v) is 6.14. The van der Waals surface area contributed by atoms with Crippen LogP contribution in [0.4, 0.5) is 0 Å². The largest absolute Gasteiger partial charge is 0.493 e. The number of aromatic nitrogens is 4. The maximum absolute atomic E-state index is 12.6.